The molecule has 1 aromatic rings. The van der Waals surface area contributed by atoms with Crippen molar-refractivity contribution in [2.75, 3.05) is 13.2 Å². The summed E-state index contributed by atoms with van der Waals surface area (Å²) in [5, 5.41) is 0. The normalized spacial score (nSPS) is 12.3. The number of carbonyl (C=O) groups is 1. The number of hydrogen-bond acceptors (Lipinski definition) is 5. The summed E-state index contributed by atoms with van der Waals surface area (Å²) in [7, 11) is -3.77. The number of rotatable bonds is 6. The van der Waals surface area contributed by atoms with Gasteiger partial charge in [-0.3, -0.25) is 4.79 Å². The molecule has 0 aliphatic carbocycles. The molecular weight excluding hydrogens is 292 g/mol. The third kappa shape index (κ3) is 5.15. The van der Waals surface area contributed by atoms with Gasteiger partial charge in [0.1, 0.15) is 6.04 Å². The smallest absolute Gasteiger partial charge is 0.325 e. The summed E-state index contributed by atoms with van der Waals surface area (Å²) in [4.78, 5) is 11.5. The Bertz CT molecular complexity index is 493. The van der Waals surface area contributed by atoms with Crippen molar-refractivity contribution in [3.8, 4) is 0 Å². The zero-order valence-electron chi connectivity index (χ0n) is 10.4. The van der Waals surface area contributed by atoms with Gasteiger partial charge in [-0.2, -0.15) is 4.72 Å². The molecule has 3 N–H and O–H groups in total. The van der Waals surface area contributed by atoms with E-state index in [1.54, 1.807) is 25.1 Å². The second kappa shape index (κ2) is 8.11. The maximum absolute atomic E-state index is 11.9. The van der Waals surface area contributed by atoms with Gasteiger partial charge in [-0.1, -0.05) is 18.2 Å². The van der Waals surface area contributed by atoms with Crippen molar-refractivity contribution in [1.82, 2.24) is 4.72 Å². The third-order valence-electron chi connectivity index (χ3n) is 2.16. The van der Waals surface area contributed by atoms with Gasteiger partial charge < -0.3 is 10.5 Å². The number of sulfonamides is 1. The molecule has 1 rings (SSSR count). The lowest BCUT2D eigenvalue weighted by Crippen LogP contribution is -2.46. The van der Waals surface area contributed by atoms with Crippen molar-refractivity contribution >= 4 is 28.4 Å². The first-order valence-corrected chi connectivity index (χ1v) is 6.93. The summed E-state index contributed by atoms with van der Waals surface area (Å²) in [6.45, 7) is 1.64. The summed E-state index contributed by atoms with van der Waals surface area (Å²) in [6.07, 6.45) is 0. The van der Waals surface area contributed by atoms with E-state index < -0.39 is 22.0 Å². The Hall–Kier alpha value is -1.15. The molecule has 0 aromatic heterocycles. The van der Waals surface area contributed by atoms with Crippen LogP contribution in [0.3, 0.4) is 0 Å². The molecule has 1 unspecified atom stereocenters. The molecule has 0 radical (unpaired) electrons. The van der Waals surface area contributed by atoms with Crippen molar-refractivity contribution in [2.45, 2.75) is 17.9 Å². The van der Waals surface area contributed by atoms with Crippen molar-refractivity contribution in [1.29, 1.82) is 0 Å². The first-order chi connectivity index (χ1) is 8.51. The van der Waals surface area contributed by atoms with Crippen LogP contribution in [-0.4, -0.2) is 33.6 Å². The predicted molar refractivity (Wildman–Crippen MR) is 73.5 cm³/mol. The Morgan fingerprint density at radius 3 is 2.42 bits per heavy atom. The van der Waals surface area contributed by atoms with Crippen LogP contribution in [0, 0.1) is 0 Å². The van der Waals surface area contributed by atoms with Gasteiger partial charge in [-0.05, 0) is 19.1 Å². The Morgan fingerprint density at radius 1 is 1.37 bits per heavy atom. The minimum Gasteiger partial charge on any atom is -0.465 e. The molecule has 0 saturated carbocycles. The van der Waals surface area contributed by atoms with Crippen LogP contribution in [0.15, 0.2) is 35.2 Å². The van der Waals surface area contributed by atoms with Gasteiger partial charge >= 0.3 is 5.97 Å². The maximum Gasteiger partial charge on any atom is 0.325 e. The quantitative estimate of drug-likeness (QED) is 0.735. The predicted octanol–water partition coefficient (Wildman–Crippen LogP) is 0.277. The Labute approximate surface area is 118 Å². The summed E-state index contributed by atoms with van der Waals surface area (Å²) in [6, 6.07) is 6.68. The molecule has 8 heteroatoms. The average Bonchev–Trinajstić information content (AvgIpc) is 2.37. The van der Waals surface area contributed by atoms with E-state index >= 15 is 0 Å². The molecule has 19 heavy (non-hydrogen) atoms. The van der Waals surface area contributed by atoms with Crippen LogP contribution in [0.2, 0.25) is 0 Å². The number of halogens is 1. The van der Waals surface area contributed by atoms with Gasteiger partial charge in [0.05, 0.1) is 11.5 Å². The van der Waals surface area contributed by atoms with Crippen LogP contribution >= 0.6 is 12.4 Å². The lowest BCUT2D eigenvalue weighted by Gasteiger charge is -2.15. The Kier molecular flexibility index (Phi) is 7.62. The van der Waals surface area contributed by atoms with E-state index in [0.29, 0.717) is 0 Å². The largest absolute Gasteiger partial charge is 0.465 e. The molecule has 0 saturated heterocycles. The summed E-state index contributed by atoms with van der Waals surface area (Å²) >= 11 is 0. The van der Waals surface area contributed by atoms with Crippen LogP contribution < -0.4 is 10.5 Å². The molecule has 0 spiro atoms. The fraction of sp³-hybridized carbons (Fsp3) is 0.364. The highest BCUT2D eigenvalue weighted by Crippen LogP contribution is 2.08. The Balaban J connectivity index is 0.00000324. The van der Waals surface area contributed by atoms with Crippen LogP contribution in [0.1, 0.15) is 6.92 Å². The zero-order valence-corrected chi connectivity index (χ0v) is 12.0. The number of nitrogens with two attached hydrogens (primary N) is 1. The molecule has 0 heterocycles. The highest BCUT2D eigenvalue weighted by Gasteiger charge is 2.25. The molecular formula is C11H17ClN2O4S. The second-order valence-electron chi connectivity index (χ2n) is 3.47. The minimum atomic E-state index is -3.77. The number of benzene rings is 1. The molecule has 0 fully saturated rings. The standard InChI is InChI=1S/C11H16N2O4S.ClH/c1-2-17-11(14)10(8-12)13-18(15,16)9-6-4-3-5-7-9;/h3-7,10,13H,2,8,12H2,1H3;1H. The van der Waals surface area contributed by atoms with Gasteiger partial charge in [0, 0.05) is 6.54 Å². The SMILES string of the molecule is CCOC(=O)C(CN)NS(=O)(=O)c1ccccc1.Cl. The fourth-order valence-electron chi connectivity index (χ4n) is 1.29. The highest BCUT2D eigenvalue weighted by molar-refractivity contribution is 7.89. The van der Waals surface area contributed by atoms with Crippen molar-refractivity contribution in [2.24, 2.45) is 5.73 Å². The molecule has 0 bridgehead atoms. The Morgan fingerprint density at radius 2 is 1.95 bits per heavy atom. The van der Waals surface area contributed by atoms with E-state index in [1.807, 2.05) is 0 Å². The maximum atomic E-state index is 11.9. The summed E-state index contributed by atoms with van der Waals surface area (Å²) < 4.78 is 30.8. The van der Waals surface area contributed by atoms with E-state index in [9.17, 15) is 13.2 Å². The fourth-order valence-corrected chi connectivity index (χ4v) is 2.51. The van der Waals surface area contributed by atoms with E-state index in [2.05, 4.69) is 4.72 Å². The summed E-state index contributed by atoms with van der Waals surface area (Å²) in [5.41, 5.74) is 5.36. The van der Waals surface area contributed by atoms with Crippen LogP contribution in [0.5, 0.6) is 0 Å². The van der Waals surface area contributed by atoms with Crippen molar-refractivity contribution in [3.63, 3.8) is 0 Å². The van der Waals surface area contributed by atoms with Gasteiger partial charge in [0.25, 0.3) is 0 Å². The van der Waals surface area contributed by atoms with Crippen LogP contribution in [0.4, 0.5) is 0 Å². The molecule has 0 amide bonds. The number of carbonyl (C=O) groups excluding carboxylic acids is 1. The average molecular weight is 309 g/mol. The second-order valence-corrected chi connectivity index (χ2v) is 5.19. The van der Waals surface area contributed by atoms with Crippen molar-refractivity contribution < 1.29 is 17.9 Å². The molecule has 108 valence electrons. The first kappa shape index (κ1) is 17.8. The van der Waals surface area contributed by atoms with Crippen LogP contribution in [0.25, 0.3) is 0 Å². The molecule has 1 atom stereocenters. The van der Waals surface area contributed by atoms with E-state index in [0.717, 1.165) is 0 Å². The minimum absolute atomic E-state index is 0. The molecule has 0 aliphatic heterocycles. The van der Waals surface area contributed by atoms with Gasteiger partial charge in [-0.25, -0.2) is 8.42 Å². The van der Waals surface area contributed by atoms with Gasteiger partial charge in [0.2, 0.25) is 10.0 Å². The topological polar surface area (TPSA) is 98.5 Å². The number of esters is 1. The lowest BCUT2D eigenvalue weighted by molar-refractivity contribution is -0.144. The molecule has 1 aromatic carbocycles. The molecule has 6 nitrogen and oxygen atoms in total. The van der Waals surface area contributed by atoms with E-state index in [4.69, 9.17) is 10.5 Å². The first-order valence-electron chi connectivity index (χ1n) is 5.45. The third-order valence-corrected chi connectivity index (χ3v) is 3.65. The summed E-state index contributed by atoms with van der Waals surface area (Å²) in [5.74, 6) is -0.681. The molecule has 0 aliphatic rings. The highest BCUT2D eigenvalue weighted by atomic mass is 35.5. The van der Waals surface area contributed by atoms with E-state index in [-0.39, 0.29) is 30.5 Å². The number of nitrogens with one attached hydrogen (secondary N) is 1. The number of ether oxygens (including phenoxy) is 1. The van der Waals surface area contributed by atoms with Crippen molar-refractivity contribution in [3.05, 3.63) is 30.3 Å². The number of hydrogen-bond donors (Lipinski definition) is 2. The van der Waals surface area contributed by atoms with Gasteiger partial charge in [0.15, 0.2) is 0 Å². The van der Waals surface area contributed by atoms with E-state index in [1.165, 1.54) is 12.1 Å². The van der Waals surface area contributed by atoms with Crippen LogP contribution in [-0.2, 0) is 19.6 Å². The lowest BCUT2D eigenvalue weighted by atomic mass is 10.3. The monoisotopic (exact) mass is 308 g/mol. The zero-order chi connectivity index (χ0) is 13.6. The van der Waals surface area contributed by atoms with Gasteiger partial charge in [-0.15, -0.1) is 12.4 Å².